The van der Waals surface area contributed by atoms with Crippen LogP contribution in [0.25, 0.3) is 0 Å². The Hall–Kier alpha value is -0.780. The van der Waals surface area contributed by atoms with Crippen LogP contribution >= 0.6 is 0 Å². The van der Waals surface area contributed by atoms with Crippen molar-refractivity contribution in [2.45, 2.75) is 20.8 Å². The molecule has 0 aromatic rings. The summed E-state index contributed by atoms with van der Waals surface area (Å²) in [6.07, 6.45) is 6.04. The van der Waals surface area contributed by atoms with Gasteiger partial charge >= 0.3 is 0 Å². The first-order valence-electron chi connectivity index (χ1n) is 3.46. The van der Waals surface area contributed by atoms with Gasteiger partial charge in [0.2, 0.25) is 0 Å². The predicted octanol–water partition coefficient (Wildman–Crippen LogP) is 3.33. The molecule has 0 aromatic heterocycles. The topological polar surface area (TPSA) is 0 Å². The van der Waals surface area contributed by atoms with Gasteiger partial charge in [-0.05, 0) is 6.92 Å². The summed E-state index contributed by atoms with van der Waals surface area (Å²) in [6, 6.07) is 0. The van der Waals surface area contributed by atoms with E-state index in [4.69, 9.17) is 0 Å². The molecule has 0 aliphatic carbocycles. The van der Waals surface area contributed by atoms with Gasteiger partial charge < -0.3 is 0 Å². The molecule has 10 heavy (non-hydrogen) atoms. The molecule has 0 heterocycles. The highest BCUT2D eigenvalue weighted by Gasteiger charge is 2.05. The molecule has 0 spiro atoms. The van der Waals surface area contributed by atoms with Crippen LogP contribution in [-0.4, -0.2) is 0 Å². The first-order valence-corrected chi connectivity index (χ1v) is 3.46. The van der Waals surface area contributed by atoms with Gasteiger partial charge in [0.1, 0.15) is 0 Å². The van der Waals surface area contributed by atoms with Crippen LogP contribution in [0, 0.1) is 5.41 Å². The lowest BCUT2D eigenvalue weighted by Gasteiger charge is -2.12. The molecule has 0 aliphatic heterocycles. The zero-order chi connectivity index (χ0) is 8.20. The van der Waals surface area contributed by atoms with Crippen molar-refractivity contribution in [1.82, 2.24) is 0 Å². The summed E-state index contributed by atoms with van der Waals surface area (Å²) in [5.41, 5.74) is 1.17. The number of rotatable bonds is 3. The summed E-state index contributed by atoms with van der Waals surface area (Å²) in [7, 11) is 0. The fourth-order valence-corrected chi connectivity index (χ4v) is 0.425. The summed E-state index contributed by atoms with van der Waals surface area (Å²) in [6.45, 7) is 13.7. The molecule has 0 heteroatoms. The van der Waals surface area contributed by atoms with Crippen molar-refractivity contribution < 1.29 is 0 Å². The zero-order valence-corrected chi connectivity index (χ0v) is 7.15. The third-order valence-electron chi connectivity index (χ3n) is 1.32. The standard InChI is InChI=1S/C10H16/c1-6-10(4,5)8-7-9(2)3/h6-8H,1-2H2,3-5H3/b8-7-. The van der Waals surface area contributed by atoms with E-state index >= 15 is 0 Å². The number of hydrogen-bond acceptors (Lipinski definition) is 0. The molecule has 0 nitrogen and oxygen atoms in total. The molecule has 0 radical (unpaired) electrons. The van der Waals surface area contributed by atoms with E-state index in [9.17, 15) is 0 Å². The highest BCUT2D eigenvalue weighted by atomic mass is 14.1. The van der Waals surface area contributed by atoms with Crippen LogP contribution in [0.4, 0.5) is 0 Å². The van der Waals surface area contributed by atoms with Crippen LogP contribution in [0.15, 0.2) is 37.0 Å². The summed E-state index contributed by atoms with van der Waals surface area (Å²) in [5.74, 6) is 0. The minimum atomic E-state index is 0.0962. The minimum Gasteiger partial charge on any atom is -0.102 e. The second-order valence-electron chi connectivity index (χ2n) is 3.21. The monoisotopic (exact) mass is 136 g/mol. The quantitative estimate of drug-likeness (QED) is 0.412. The summed E-state index contributed by atoms with van der Waals surface area (Å²) < 4.78 is 0. The van der Waals surface area contributed by atoms with Gasteiger partial charge in [0, 0.05) is 5.41 Å². The molecule has 0 rings (SSSR count). The molecule has 56 valence electrons. The number of hydrogen-bond donors (Lipinski definition) is 0. The molecule has 0 bridgehead atoms. The van der Waals surface area contributed by atoms with E-state index in [0.29, 0.717) is 0 Å². The van der Waals surface area contributed by atoms with Crippen LogP contribution in [-0.2, 0) is 0 Å². The third kappa shape index (κ3) is 4.13. The van der Waals surface area contributed by atoms with E-state index in [0.717, 1.165) is 5.57 Å². The summed E-state index contributed by atoms with van der Waals surface area (Å²) in [4.78, 5) is 0. The van der Waals surface area contributed by atoms with Gasteiger partial charge in [0.05, 0.1) is 0 Å². The SMILES string of the molecule is C=CC(C)(C)/C=C\C(=C)C. The Bertz CT molecular complexity index is 159. The second kappa shape index (κ2) is 3.40. The van der Waals surface area contributed by atoms with E-state index < -0.39 is 0 Å². The average molecular weight is 136 g/mol. The van der Waals surface area contributed by atoms with Gasteiger partial charge in [-0.25, -0.2) is 0 Å². The van der Waals surface area contributed by atoms with Gasteiger partial charge in [-0.2, -0.15) is 0 Å². The maximum atomic E-state index is 3.77. The van der Waals surface area contributed by atoms with E-state index in [2.05, 4.69) is 33.1 Å². The second-order valence-corrected chi connectivity index (χ2v) is 3.21. The molecule has 0 saturated heterocycles. The molecule has 0 amide bonds. The van der Waals surface area contributed by atoms with Crippen molar-refractivity contribution in [2.24, 2.45) is 5.41 Å². The molecule has 0 aliphatic rings. The van der Waals surface area contributed by atoms with Crippen molar-refractivity contribution in [3.63, 3.8) is 0 Å². The smallest absolute Gasteiger partial charge is 0.000494 e. The molecular weight excluding hydrogens is 120 g/mol. The molecular formula is C10H16. The molecule has 0 atom stereocenters. The highest BCUT2D eigenvalue weighted by molar-refractivity contribution is 5.16. The van der Waals surface area contributed by atoms with Gasteiger partial charge in [0.15, 0.2) is 0 Å². The average Bonchev–Trinajstić information content (AvgIpc) is 1.85. The van der Waals surface area contributed by atoms with Crippen molar-refractivity contribution in [1.29, 1.82) is 0 Å². The Morgan fingerprint density at radius 3 is 2.20 bits per heavy atom. The molecule has 0 aromatic carbocycles. The zero-order valence-electron chi connectivity index (χ0n) is 7.15. The van der Waals surface area contributed by atoms with E-state index in [1.54, 1.807) is 0 Å². The maximum absolute atomic E-state index is 3.77. The maximum Gasteiger partial charge on any atom is 0.000494 e. The van der Waals surface area contributed by atoms with E-state index in [-0.39, 0.29) is 5.41 Å². The lowest BCUT2D eigenvalue weighted by molar-refractivity contribution is 0.627. The Morgan fingerprint density at radius 1 is 1.40 bits per heavy atom. The van der Waals surface area contributed by atoms with Gasteiger partial charge in [0.25, 0.3) is 0 Å². The van der Waals surface area contributed by atoms with Gasteiger partial charge in [-0.15, -0.1) is 6.58 Å². The molecule has 0 fully saturated rings. The number of allylic oxidation sites excluding steroid dienone is 4. The van der Waals surface area contributed by atoms with Crippen molar-refractivity contribution in [2.75, 3.05) is 0 Å². The fraction of sp³-hybridized carbons (Fsp3) is 0.400. The van der Waals surface area contributed by atoms with Crippen molar-refractivity contribution in [3.8, 4) is 0 Å². The Kier molecular flexibility index (Phi) is 3.14. The summed E-state index contributed by atoms with van der Waals surface area (Å²) in [5, 5.41) is 0. The first kappa shape index (κ1) is 9.22. The Balaban J connectivity index is 4.12. The van der Waals surface area contributed by atoms with Crippen molar-refractivity contribution in [3.05, 3.63) is 37.0 Å². The van der Waals surface area contributed by atoms with Crippen LogP contribution in [0.3, 0.4) is 0 Å². The van der Waals surface area contributed by atoms with Crippen molar-refractivity contribution >= 4 is 0 Å². The highest BCUT2D eigenvalue weighted by Crippen LogP contribution is 2.18. The molecule has 0 unspecified atom stereocenters. The van der Waals surface area contributed by atoms with Gasteiger partial charge in [-0.1, -0.05) is 44.2 Å². The normalized spacial score (nSPS) is 11.9. The Labute approximate surface area is 64.0 Å². The first-order chi connectivity index (χ1) is 4.48. The fourth-order valence-electron chi connectivity index (χ4n) is 0.425. The third-order valence-corrected chi connectivity index (χ3v) is 1.32. The van der Waals surface area contributed by atoms with E-state index in [1.807, 2.05) is 19.1 Å². The van der Waals surface area contributed by atoms with Crippen LogP contribution in [0.5, 0.6) is 0 Å². The van der Waals surface area contributed by atoms with Gasteiger partial charge in [-0.3, -0.25) is 0 Å². The lowest BCUT2D eigenvalue weighted by atomic mass is 9.93. The predicted molar refractivity (Wildman–Crippen MR) is 47.9 cm³/mol. The summed E-state index contributed by atoms with van der Waals surface area (Å²) >= 11 is 0. The lowest BCUT2D eigenvalue weighted by Crippen LogP contribution is -2.00. The van der Waals surface area contributed by atoms with Crippen LogP contribution in [0.2, 0.25) is 0 Å². The van der Waals surface area contributed by atoms with E-state index in [1.165, 1.54) is 0 Å². The molecule has 0 saturated carbocycles. The largest absolute Gasteiger partial charge is 0.102 e. The molecule has 0 N–H and O–H groups in total. The Morgan fingerprint density at radius 2 is 1.90 bits per heavy atom. The minimum absolute atomic E-state index is 0.0962. The van der Waals surface area contributed by atoms with Crippen LogP contribution in [0.1, 0.15) is 20.8 Å². The van der Waals surface area contributed by atoms with Crippen LogP contribution < -0.4 is 0 Å².